The van der Waals surface area contributed by atoms with Gasteiger partial charge in [0, 0.05) is 30.0 Å². The lowest BCUT2D eigenvalue weighted by Crippen LogP contribution is -2.33. The number of amides is 2. The van der Waals surface area contributed by atoms with E-state index in [9.17, 15) is 4.79 Å². The van der Waals surface area contributed by atoms with Gasteiger partial charge in [-0.05, 0) is 74.1 Å². The van der Waals surface area contributed by atoms with Crippen molar-refractivity contribution >= 4 is 23.2 Å². The third kappa shape index (κ3) is 5.20. The number of urea groups is 1. The van der Waals surface area contributed by atoms with E-state index in [-0.39, 0.29) is 6.03 Å². The van der Waals surface area contributed by atoms with E-state index in [1.165, 1.54) is 12.8 Å². The molecule has 0 saturated carbocycles. The van der Waals surface area contributed by atoms with Crippen molar-refractivity contribution in [2.24, 2.45) is 5.92 Å². The standard InChI is InChI=1S/C25H29N5O/c1-17-12-14-30(15-13-17)24-11-10-22(28-29-24)20-6-8-21(9-7-20)26-25(31)27-23-16-18(2)4-5-19(23)3/h4-11,16-17H,12-15H2,1-3H3,(H2,26,27,31). The lowest BCUT2D eigenvalue weighted by Gasteiger charge is -2.30. The molecular weight excluding hydrogens is 386 g/mol. The minimum absolute atomic E-state index is 0.263. The van der Waals surface area contributed by atoms with Crippen molar-refractivity contribution in [3.63, 3.8) is 0 Å². The van der Waals surface area contributed by atoms with Gasteiger partial charge in [-0.2, -0.15) is 0 Å². The molecule has 2 N–H and O–H groups in total. The fourth-order valence-electron chi connectivity index (χ4n) is 3.77. The zero-order chi connectivity index (χ0) is 21.8. The molecule has 1 aromatic heterocycles. The Labute approximate surface area is 183 Å². The first-order valence-electron chi connectivity index (χ1n) is 10.8. The Hall–Kier alpha value is -3.41. The van der Waals surface area contributed by atoms with Gasteiger partial charge in [0.2, 0.25) is 0 Å². The first-order valence-corrected chi connectivity index (χ1v) is 10.8. The number of aryl methyl sites for hydroxylation is 2. The molecule has 4 rings (SSSR count). The SMILES string of the molecule is Cc1ccc(C)c(NC(=O)Nc2ccc(-c3ccc(N4CCC(C)CC4)nn3)cc2)c1. The molecule has 2 amide bonds. The zero-order valence-electron chi connectivity index (χ0n) is 18.4. The van der Waals surface area contributed by atoms with E-state index in [0.717, 1.165) is 58.6 Å². The second-order valence-corrected chi connectivity index (χ2v) is 8.42. The molecular formula is C25H29N5O. The van der Waals surface area contributed by atoms with Crippen molar-refractivity contribution in [3.05, 3.63) is 65.7 Å². The molecule has 3 aromatic rings. The van der Waals surface area contributed by atoms with Gasteiger partial charge in [-0.1, -0.05) is 31.2 Å². The fourth-order valence-corrected chi connectivity index (χ4v) is 3.77. The van der Waals surface area contributed by atoms with E-state index in [2.05, 4.69) is 32.7 Å². The van der Waals surface area contributed by atoms with Crippen molar-refractivity contribution in [2.75, 3.05) is 28.6 Å². The molecule has 0 spiro atoms. The van der Waals surface area contributed by atoms with Crippen LogP contribution in [0.25, 0.3) is 11.3 Å². The summed E-state index contributed by atoms with van der Waals surface area (Å²) < 4.78 is 0. The lowest BCUT2D eigenvalue weighted by molar-refractivity contribution is 0.262. The second-order valence-electron chi connectivity index (χ2n) is 8.42. The van der Waals surface area contributed by atoms with Gasteiger partial charge in [0.15, 0.2) is 5.82 Å². The van der Waals surface area contributed by atoms with Crippen LogP contribution in [0, 0.1) is 19.8 Å². The van der Waals surface area contributed by atoms with E-state index in [1.807, 2.05) is 68.4 Å². The molecule has 0 aliphatic carbocycles. The number of benzene rings is 2. The Balaban J connectivity index is 1.37. The molecule has 2 aromatic carbocycles. The van der Waals surface area contributed by atoms with Crippen LogP contribution in [0.2, 0.25) is 0 Å². The van der Waals surface area contributed by atoms with Crippen LogP contribution < -0.4 is 15.5 Å². The molecule has 31 heavy (non-hydrogen) atoms. The van der Waals surface area contributed by atoms with Crippen LogP contribution >= 0.6 is 0 Å². The van der Waals surface area contributed by atoms with Gasteiger partial charge in [0.05, 0.1) is 5.69 Å². The van der Waals surface area contributed by atoms with Gasteiger partial charge in [0.1, 0.15) is 0 Å². The minimum atomic E-state index is -0.263. The Kier molecular flexibility index (Phi) is 6.16. The van der Waals surface area contributed by atoms with Crippen molar-refractivity contribution in [1.29, 1.82) is 0 Å². The van der Waals surface area contributed by atoms with Gasteiger partial charge in [0.25, 0.3) is 0 Å². The number of anilines is 3. The zero-order valence-corrected chi connectivity index (χ0v) is 18.4. The number of carbonyl (C=O) groups is 1. The topological polar surface area (TPSA) is 70.2 Å². The molecule has 6 heteroatoms. The highest BCUT2D eigenvalue weighted by molar-refractivity contribution is 6.00. The summed E-state index contributed by atoms with van der Waals surface area (Å²) >= 11 is 0. The molecule has 1 aliphatic rings. The van der Waals surface area contributed by atoms with Crippen molar-refractivity contribution in [3.8, 4) is 11.3 Å². The number of aromatic nitrogens is 2. The van der Waals surface area contributed by atoms with Gasteiger partial charge in [-0.3, -0.25) is 0 Å². The van der Waals surface area contributed by atoms with Crippen LogP contribution in [0.1, 0.15) is 30.9 Å². The lowest BCUT2D eigenvalue weighted by atomic mass is 9.99. The molecule has 160 valence electrons. The van der Waals surface area contributed by atoms with Crippen molar-refractivity contribution in [2.45, 2.75) is 33.6 Å². The Morgan fingerprint density at radius 2 is 1.68 bits per heavy atom. The summed E-state index contributed by atoms with van der Waals surface area (Å²) in [7, 11) is 0. The Bertz CT molecular complexity index is 1040. The number of rotatable bonds is 4. The van der Waals surface area contributed by atoms with E-state index in [4.69, 9.17) is 0 Å². The average molecular weight is 416 g/mol. The summed E-state index contributed by atoms with van der Waals surface area (Å²) in [6, 6.07) is 17.4. The third-order valence-electron chi connectivity index (χ3n) is 5.84. The Morgan fingerprint density at radius 1 is 0.935 bits per heavy atom. The number of nitrogens with one attached hydrogen (secondary N) is 2. The van der Waals surface area contributed by atoms with E-state index < -0.39 is 0 Å². The predicted molar refractivity (Wildman–Crippen MR) is 127 cm³/mol. The summed E-state index contributed by atoms with van der Waals surface area (Å²) in [6.45, 7) is 8.36. The van der Waals surface area contributed by atoms with Gasteiger partial charge in [-0.15, -0.1) is 10.2 Å². The molecule has 1 fully saturated rings. The number of hydrogen-bond donors (Lipinski definition) is 2. The first-order chi connectivity index (χ1) is 15.0. The second kappa shape index (κ2) is 9.16. The van der Waals surface area contributed by atoms with E-state index in [1.54, 1.807) is 0 Å². The highest BCUT2D eigenvalue weighted by atomic mass is 16.2. The quantitative estimate of drug-likeness (QED) is 0.578. The van der Waals surface area contributed by atoms with Crippen LogP contribution in [0.4, 0.5) is 22.0 Å². The van der Waals surface area contributed by atoms with Crippen LogP contribution in [0.5, 0.6) is 0 Å². The van der Waals surface area contributed by atoms with Crippen LogP contribution in [0.3, 0.4) is 0 Å². The van der Waals surface area contributed by atoms with Crippen molar-refractivity contribution < 1.29 is 4.79 Å². The fraction of sp³-hybridized carbons (Fsp3) is 0.320. The van der Waals surface area contributed by atoms with E-state index in [0.29, 0.717) is 0 Å². The van der Waals surface area contributed by atoms with Crippen LogP contribution in [-0.4, -0.2) is 29.3 Å². The third-order valence-corrected chi connectivity index (χ3v) is 5.84. The van der Waals surface area contributed by atoms with Crippen LogP contribution in [-0.2, 0) is 0 Å². The number of hydrogen-bond acceptors (Lipinski definition) is 4. The molecule has 0 radical (unpaired) electrons. The summed E-state index contributed by atoms with van der Waals surface area (Å²) in [6.07, 6.45) is 2.41. The molecule has 0 unspecified atom stereocenters. The monoisotopic (exact) mass is 415 g/mol. The average Bonchev–Trinajstić information content (AvgIpc) is 2.77. The molecule has 6 nitrogen and oxygen atoms in total. The maximum Gasteiger partial charge on any atom is 0.323 e. The number of carbonyl (C=O) groups excluding carboxylic acids is 1. The normalized spacial score (nSPS) is 14.4. The molecule has 1 saturated heterocycles. The van der Waals surface area contributed by atoms with Gasteiger partial charge in [-0.25, -0.2) is 4.79 Å². The summed E-state index contributed by atoms with van der Waals surface area (Å²) in [4.78, 5) is 14.7. The maximum atomic E-state index is 12.4. The molecule has 0 atom stereocenters. The Morgan fingerprint density at radius 3 is 2.35 bits per heavy atom. The molecule has 1 aliphatic heterocycles. The summed E-state index contributed by atoms with van der Waals surface area (Å²) in [5, 5.41) is 14.6. The largest absolute Gasteiger partial charge is 0.355 e. The first kappa shape index (κ1) is 20.8. The van der Waals surface area contributed by atoms with Gasteiger partial charge < -0.3 is 15.5 Å². The summed E-state index contributed by atoms with van der Waals surface area (Å²) in [5.41, 5.74) is 5.45. The predicted octanol–water partition coefficient (Wildman–Crippen LogP) is 5.64. The minimum Gasteiger partial charge on any atom is -0.355 e. The highest BCUT2D eigenvalue weighted by Crippen LogP contribution is 2.24. The molecule has 2 heterocycles. The summed E-state index contributed by atoms with van der Waals surface area (Å²) in [5.74, 6) is 1.73. The van der Waals surface area contributed by atoms with Crippen LogP contribution in [0.15, 0.2) is 54.6 Å². The smallest absolute Gasteiger partial charge is 0.323 e. The number of piperidine rings is 1. The van der Waals surface area contributed by atoms with Gasteiger partial charge >= 0.3 is 6.03 Å². The highest BCUT2D eigenvalue weighted by Gasteiger charge is 2.17. The van der Waals surface area contributed by atoms with E-state index >= 15 is 0 Å². The molecule has 0 bridgehead atoms. The maximum absolute atomic E-state index is 12.4. The number of nitrogens with zero attached hydrogens (tertiary/aromatic N) is 3. The van der Waals surface area contributed by atoms with Crippen molar-refractivity contribution in [1.82, 2.24) is 10.2 Å².